The molecule has 0 aliphatic rings. The van der Waals surface area contributed by atoms with E-state index in [1.807, 2.05) is 19.0 Å². The quantitative estimate of drug-likeness (QED) is 0.233. The Balaban J connectivity index is 1.96. The first-order valence-electron chi connectivity index (χ1n) is 10.7. The van der Waals surface area contributed by atoms with Gasteiger partial charge in [0.25, 0.3) is 0 Å². The summed E-state index contributed by atoms with van der Waals surface area (Å²) < 4.78 is 49.0. The summed E-state index contributed by atoms with van der Waals surface area (Å²) in [5.74, 6) is 1.64. The van der Waals surface area contributed by atoms with E-state index in [1.54, 1.807) is 18.2 Å². The van der Waals surface area contributed by atoms with Crippen LogP contribution in [0.2, 0.25) is 0 Å². The Labute approximate surface area is 206 Å². The minimum Gasteiger partial charge on any atom is -0.489 e. The van der Waals surface area contributed by atoms with Crippen LogP contribution in [0.5, 0.6) is 5.75 Å². The van der Waals surface area contributed by atoms with Crippen molar-refractivity contribution >= 4 is 34.0 Å². The van der Waals surface area contributed by atoms with Gasteiger partial charge in [-0.15, -0.1) is 6.42 Å². The van der Waals surface area contributed by atoms with E-state index in [0.717, 1.165) is 0 Å². The number of amides is 1. The fraction of sp³-hybridized carbons (Fsp3) is 0.240. The fourth-order valence-electron chi connectivity index (χ4n) is 3.10. The molecule has 2 aromatic carbocycles. The van der Waals surface area contributed by atoms with E-state index in [0.29, 0.717) is 17.4 Å². The van der Waals surface area contributed by atoms with Gasteiger partial charge in [-0.2, -0.15) is 8.78 Å². The number of hydrogen-bond donors (Lipinski definition) is 2. The number of carbonyl (C=O) groups is 1. The number of aromatic nitrogens is 2. The number of ether oxygens (including phenoxy) is 2. The SMILES string of the molecule is C#Cc1cccc(Nc2ncnc3cc(OCCOC(F)F)c(NC(=O)/C=C/CN(C)C)cc23)c1F. The van der Waals surface area contributed by atoms with E-state index in [9.17, 15) is 18.0 Å². The summed E-state index contributed by atoms with van der Waals surface area (Å²) in [6.45, 7) is -2.95. The molecular formula is C25H24F3N5O3. The summed E-state index contributed by atoms with van der Waals surface area (Å²) in [5, 5.41) is 6.04. The summed E-state index contributed by atoms with van der Waals surface area (Å²) in [5.41, 5.74) is 0.811. The third-order valence-corrected chi connectivity index (χ3v) is 4.73. The van der Waals surface area contributed by atoms with E-state index in [-0.39, 0.29) is 41.7 Å². The van der Waals surface area contributed by atoms with Crippen LogP contribution in [-0.2, 0) is 9.53 Å². The molecule has 0 atom stereocenters. The number of likely N-dealkylation sites (N-methyl/N-ethyl adjacent to an activating group) is 1. The second kappa shape index (κ2) is 12.5. The van der Waals surface area contributed by atoms with Gasteiger partial charge in [0.1, 0.15) is 24.5 Å². The Morgan fingerprint density at radius 1 is 1.22 bits per heavy atom. The number of halogens is 3. The van der Waals surface area contributed by atoms with Crippen LogP contribution in [0.4, 0.5) is 30.4 Å². The maximum absolute atomic E-state index is 14.7. The molecule has 0 saturated heterocycles. The van der Waals surface area contributed by atoms with E-state index in [1.165, 1.54) is 30.6 Å². The highest BCUT2D eigenvalue weighted by Crippen LogP contribution is 2.34. The van der Waals surface area contributed by atoms with Gasteiger partial charge < -0.3 is 25.0 Å². The highest BCUT2D eigenvalue weighted by atomic mass is 19.3. The maximum Gasteiger partial charge on any atom is 0.345 e. The van der Waals surface area contributed by atoms with Gasteiger partial charge in [-0.25, -0.2) is 14.4 Å². The van der Waals surface area contributed by atoms with Crippen molar-refractivity contribution in [2.24, 2.45) is 0 Å². The number of terminal acetylenes is 1. The van der Waals surface area contributed by atoms with Gasteiger partial charge in [0.2, 0.25) is 5.91 Å². The zero-order valence-electron chi connectivity index (χ0n) is 19.6. The van der Waals surface area contributed by atoms with Gasteiger partial charge in [-0.1, -0.05) is 18.1 Å². The molecular weight excluding hydrogens is 475 g/mol. The summed E-state index contributed by atoms with van der Waals surface area (Å²) in [7, 11) is 3.71. The molecule has 0 saturated carbocycles. The molecule has 3 aromatic rings. The molecule has 36 heavy (non-hydrogen) atoms. The number of alkyl halides is 2. The number of anilines is 3. The summed E-state index contributed by atoms with van der Waals surface area (Å²) in [6, 6.07) is 7.63. The third-order valence-electron chi connectivity index (χ3n) is 4.73. The zero-order valence-corrected chi connectivity index (χ0v) is 19.6. The second-order valence-corrected chi connectivity index (χ2v) is 7.66. The molecule has 2 N–H and O–H groups in total. The average molecular weight is 499 g/mol. The largest absolute Gasteiger partial charge is 0.489 e. The molecule has 0 fully saturated rings. The molecule has 0 bridgehead atoms. The van der Waals surface area contributed by atoms with Crippen molar-refractivity contribution < 1.29 is 27.4 Å². The third kappa shape index (κ3) is 7.18. The van der Waals surface area contributed by atoms with Gasteiger partial charge in [0.05, 0.1) is 29.1 Å². The first-order valence-corrected chi connectivity index (χ1v) is 10.7. The minimum atomic E-state index is -2.93. The normalized spacial score (nSPS) is 11.3. The first-order chi connectivity index (χ1) is 17.3. The van der Waals surface area contributed by atoms with Crippen LogP contribution in [0.3, 0.4) is 0 Å². The van der Waals surface area contributed by atoms with Crippen LogP contribution in [0.25, 0.3) is 10.9 Å². The van der Waals surface area contributed by atoms with Crippen molar-refractivity contribution in [2.45, 2.75) is 6.61 Å². The van der Waals surface area contributed by atoms with E-state index in [2.05, 4.69) is 31.3 Å². The molecule has 0 radical (unpaired) electrons. The Morgan fingerprint density at radius 2 is 2.03 bits per heavy atom. The van der Waals surface area contributed by atoms with Crippen LogP contribution in [0.1, 0.15) is 5.56 Å². The lowest BCUT2D eigenvalue weighted by Gasteiger charge is -2.15. The standard InChI is InChI=1S/C25H24F3N5O3/c1-4-16-7-5-8-18(23(16)26)32-24-17-13-20(31-22(34)9-6-10-33(2)3)21(14-19(17)29-15-30-24)35-11-12-36-25(27)28/h1,5-9,13-15,25H,10-12H2,2-3H3,(H,31,34)(H,29,30,32)/b9-6+. The molecule has 0 aliphatic carbocycles. The Bertz CT molecular complexity index is 1290. The first kappa shape index (κ1) is 26.5. The Morgan fingerprint density at radius 3 is 2.75 bits per heavy atom. The second-order valence-electron chi connectivity index (χ2n) is 7.66. The molecule has 1 aromatic heterocycles. The monoisotopic (exact) mass is 499 g/mol. The molecule has 3 rings (SSSR count). The fourth-order valence-corrected chi connectivity index (χ4v) is 3.10. The molecule has 1 heterocycles. The van der Waals surface area contributed by atoms with Crippen LogP contribution in [-0.4, -0.2) is 61.2 Å². The molecule has 188 valence electrons. The summed E-state index contributed by atoms with van der Waals surface area (Å²) in [4.78, 5) is 22.8. The number of nitrogens with zero attached hydrogens (tertiary/aromatic N) is 3. The number of fused-ring (bicyclic) bond motifs is 1. The zero-order chi connectivity index (χ0) is 26.1. The van der Waals surface area contributed by atoms with Crippen LogP contribution in [0, 0.1) is 18.2 Å². The summed E-state index contributed by atoms with van der Waals surface area (Å²) >= 11 is 0. The van der Waals surface area contributed by atoms with Crippen molar-refractivity contribution in [3.63, 3.8) is 0 Å². The van der Waals surface area contributed by atoms with Crippen molar-refractivity contribution in [2.75, 3.05) is 44.5 Å². The van der Waals surface area contributed by atoms with E-state index >= 15 is 0 Å². The van der Waals surface area contributed by atoms with Gasteiger partial charge in [0.15, 0.2) is 5.82 Å². The highest BCUT2D eigenvalue weighted by Gasteiger charge is 2.15. The van der Waals surface area contributed by atoms with E-state index in [4.69, 9.17) is 11.2 Å². The van der Waals surface area contributed by atoms with Crippen LogP contribution >= 0.6 is 0 Å². The molecule has 0 unspecified atom stereocenters. The number of hydrogen-bond acceptors (Lipinski definition) is 7. The van der Waals surface area contributed by atoms with Gasteiger partial charge in [-0.3, -0.25) is 4.79 Å². The lowest BCUT2D eigenvalue weighted by Crippen LogP contribution is -2.14. The molecule has 0 spiro atoms. The van der Waals surface area contributed by atoms with Gasteiger partial charge in [0, 0.05) is 24.1 Å². The van der Waals surface area contributed by atoms with Gasteiger partial charge >= 0.3 is 6.61 Å². The molecule has 11 heteroatoms. The van der Waals surface area contributed by atoms with Crippen molar-refractivity contribution in [1.82, 2.24) is 14.9 Å². The molecule has 1 amide bonds. The number of benzene rings is 2. The van der Waals surface area contributed by atoms with Crippen LogP contribution in [0.15, 0.2) is 48.8 Å². The van der Waals surface area contributed by atoms with Crippen LogP contribution < -0.4 is 15.4 Å². The predicted molar refractivity (Wildman–Crippen MR) is 131 cm³/mol. The maximum atomic E-state index is 14.7. The highest BCUT2D eigenvalue weighted by molar-refractivity contribution is 6.03. The van der Waals surface area contributed by atoms with E-state index < -0.39 is 18.3 Å². The smallest absolute Gasteiger partial charge is 0.345 e. The lowest BCUT2D eigenvalue weighted by atomic mass is 10.1. The topological polar surface area (TPSA) is 88.6 Å². The van der Waals surface area contributed by atoms with Crippen molar-refractivity contribution in [3.8, 4) is 18.1 Å². The molecule has 8 nitrogen and oxygen atoms in total. The number of carbonyl (C=O) groups excluding carboxylic acids is 1. The Kier molecular flexibility index (Phi) is 9.21. The lowest BCUT2D eigenvalue weighted by molar-refractivity contribution is -0.133. The van der Waals surface area contributed by atoms with Crippen molar-refractivity contribution in [1.29, 1.82) is 0 Å². The Hall–Kier alpha value is -4.14. The predicted octanol–water partition coefficient (Wildman–Crippen LogP) is 4.17. The number of rotatable bonds is 11. The summed E-state index contributed by atoms with van der Waals surface area (Å²) in [6.07, 6.45) is 9.64. The molecule has 0 aliphatic heterocycles. The number of nitrogens with one attached hydrogen (secondary N) is 2. The minimum absolute atomic E-state index is 0.0810. The average Bonchev–Trinajstić information content (AvgIpc) is 2.83. The van der Waals surface area contributed by atoms with Crippen molar-refractivity contribution in [3.05, 3.63) is 60.2 Å². The van der Waals surface area contributed by atoms with Gasteiger partial charge in [-0.05, 0) is 32.3 Å².